The van der Waals surface area contributed by atoms with Crippen molar-refractivity contribution < 1.29 is 32.3 Å². The van der Waals surface area contributed by atoms with E-state index in [0.717, 1.165) is 69.4 Å². The summed E-state index contributed by atoms with van der Waals surface area (Å²) < 4.78 is 53.5. The lowest BCUT2D eigenvalue weighted by Crippen LogP contribution is -2.26. The van der Waals surface area contributed by atoms with Crippen molar-refractivity contribution in [2.75, 3.05) is 26.7 Å². The number of aliphatic carboxylic acids is 1. The molecule has 198 valence electrons. The Bertz CT molecular complexity index is 1010. The fraction of sp³-hybridized carbons (Fsp3) is 0.481. The van der Waals surface area contributed by atoms with Crippen LogP contribution in [0.25, 0.3) is 0 Å². The molecule has 2 aromatic rings. The Hall–Kier alpha value is -2.94. The first-order valence-corrected chi connectivity index (χ1v) is 12.2. The number of hydrogen-bond donors (Lipinski definition) is 1. The molecule has 1 heterocycles. The molecule has 3 unspecified atom stereocenters. The maximum atomic E-state index is 13.6. The van der Waals surface area contributed by atoms with Crippen LogP contribution in [-0.4, -0.2) is 54.0 Å². The zero-order valence-corrected chi connectivity index (χ0v) is 20.9. The van der Waals surface area contributed by atoms with Gasteiger partial charge in [0.2, 0.25) is 6.41 Å². The third-order valence-electron chi connectivity index (χ3n) is 6.42. The molecule has 1 aliphatic heterocycles. The van der Waals surface area contributed by atoms with Crippen molar-refractivity contribution in [3.8, 4) is 0 Å². The molecule has 1 fully saturated rings. The van der Waals surface area contributed by atoms with Gasteiger partial charge in [-0.3, -0.25) is 14.5 Å². The topological polar surface area (TPSA) is 60.9 Å². The number of benzene rings is 2. The van der Waals surface area contributed by atoms with Gasteiger partial charge in [-0.25, -0.2) is 17.6 Å². The lowest BCUT2D eigenvalue weighted by atomic mass is 9.83. The van der Waals surface area contributed by atoms with Crippen molar-refractivity contribution in [2.24, 2.45) is 5.92 Å². The average molecular weight is 511 g/mol. The summed E-state index contributed by atoms with van der Waals surface area (Å²) in [4.78, 5) is 25.9. The molecule has 0 saturated carbocycles. The average Bonchev–Trinajstić information content (AvgIpc) is 3.20. The Kier molecular flexibility index (Phi) is 11.4. The Morgan fingerprint density at radius 3 is 1.89 bits per heavy atom. The van der Waals surface area contributed by atoms with Crippen molar-refractivity contribution in [1.82, 2.24) is 9.80 Å². The molecule has 3 atom stereocenters. The van der Waals surface area contributed by atoms with Gasteiger partial charge in [0.1, 0.15) is 0 Å². The first-order chi connectivity index (χ1) is 17.1. The summed E-state index contributed by atoms with van der Waals surface area (Å²) >= 11 is 0. The number of hydrogen-bond acceptors (Lipinski definition) is 3. The summed E-state index contributed by atoms with van der Waals surface area (Å²) in [6.07, 6.45) is 5.54. The number of likely N-dealkylation sites (N-methyl/N-ethyl adjacent to an activating group) is 1. The summed E-state index contributed by atoms with van der Waals surface area (Å²) in [6, 6.07) is 5.82. The van der Waals surface area contributed by atoms with E-state index in [1.165, 1.54) is 12.1 Å². The van der Waals surface area contributed by atoms with Crippen molar-refractivity contribution in [2.45, 2.75) is 51.5 Å². The van der Waals surface area contributed by atoms with Gasteiger partial charge in [-0.05, 0) is 55.3 Å². The summed E-state index contributed by atoms with van der Waals surface area (Å²) in [7, 11) is 1.65. The van der Waals surface area contributed by atoms with Gasteiger partial charge in [-0.15, -0.1) is 0 Å². The second-order valence-corrected chi connectivity index (χ2v) is 9.05. The monoisotopic (exact) mass is 510 g/mol. The molecule has 0 aromatic heterocycles. The molecule has 1 aliphatic rings. The number of carbonyl (C=O) groups excluding carboxylic acids is 1. The Labute approximate surface area is 209 Å². The van der Waals surface area contributed by atoms with Crippen LogP contribution in [-0.2, 0) is 9.59 Å². The van der Waals surface area contributed by atoms with Crippen LogP contribution in [0.15, 0.2) is 36.4 Å². The standard InChI is InChI=1S/C18H15F4NO2.C9H19NO/c1-23-8-11(9-2-4-12(19)14(21)6-9)16(18(24)25)17(23)10-3-5-13(20)15(22)7-10;1-3-5-7-10(9-11)8-6-4-2/h2-7,11,16-17H,8H2,1H3,(H,24,25);9H,3-8H2,1-2H3. The van der Waals surface area contributed by atoms with Gasteiger partial charge in [-0.2, -0.15) is 0 Å². The van der Waals surface area contributed by atoms with Crippen LogP contribution in [0.1, 0.15) is 62.6 Å². The number of carboxylic acids is 1. The fourth-order valence-electron chi connectivity index (χ4n) is 4.49. The van der Waals surface area contributed by atoms with Crippen LogP contribution in [0.2, 0.25) is 0 Å². The van der Waals surface area contributed by atoms with Gasteiger partial charge in [0.15, 0.2) is 23.3 Å². The zero-order valence-electron chi connectivity index (χ0n) is 20.9. The van der Waals surface area contributed by atoms with E-state index in [-0.39, 0.29) is 6.54 Å². The third kappa shape index (κ3) is 7.53. The van der Waals surface area contributed by atoms with Crippen LogP contribution in [0, 0.1) is 29.2 Å². The third-order valence-corrected chi connectivity index (χ3v) is 6.42. The van der Waals surface area contributed by atoms with Gasteiger partial charge in [0.05, 0.1) is 5.92 Å². The molecular formula is C27H34F4N2O3. The highest BCUT2D eigenvalue weighted by Crippen LogP contribution is 2.45. The summed E-state index contributed by atoms with van der Waals surface area (Å²) in [6.45, 7) is 6.40. The van der Waals surface area contributed by atoms with Gasteiger partial charge >= 0.3 is 5.97 Å². The predicted molar refractivity (Wildman–Crippen MR) is 129 cm³/mol. The molecule has 1 N–H and O–H groups in total. The van der Waals surface area contributed by atoms with Crippen LogP contribution in [0.5, 0.6) is 0 Å². The van der Waals surface area contributed by atoms with E-state index in [4.69, 9.17) is 0 Å². The second-order valence-electron chi connectivity index (χ2n) is 9.05. The molecule has 0 spiro atoms. The highest BCUT2D eigenvalue weighted by molar-refractivity contribution is 5.73. The van der Waals surface area contributed by atoms with Crippen molar-refractivity contribution in [1.29, 1.82) is 0 Å². The van der Waals surface area contributed by atoms with Crippen LogP contribution < -0.4 is 0 Å². The molecule has 5 nitrogen and oxygen atoms in total. The van der Waals surface area contributed by atoms with Gasteiger partial charge in [-0.1, -0.05) is 38.8 Å². The number of likely N-dealkylation sites (tertiary alicyclic amines) is 1. The zero-order chi connectivity index (χ0) is 26.8. The van der Waals surface area contributed by atoms with E-state index in [2.05, 4.69) is 13.8 Å². The van der Waals surface area contributed by atoms with Crippen molar-refractivity contribution in [3.63, 3.8) is 0 Å². The lowest BCUT2D eigenvalue weighted by Gasteiger charge is -2.24. The molecule has 0 radical (unpaired) electrons. The van der Waals surface area contributed by atoms with Crippen molar-refractivity contribution >= 4 is 12.4 Å². The van der Waals surface area contributed by atoms with Gasteiger partial charge in [0, 0.05) is 31.6 Å². The Balaban J connectivity index is 0.000000352. The smallest absolute Gasteiger partial charge is 0.309 e. The molecule has 9 heteroatoms. The van der Waals surface area contributed by atoms with E-state index in [1.807, 2.05) is 4.90 Å². The first-order valence-electron chi connectivity index (χ1n) is 12.2. The van der Waals surface area contributed by atoms with Crippen molar-refractivity contribution in [3.05, 3.63) is 70.8 Å². The molecule has 3 rings (SSSR count). The summed E-state index contributed by atoms with van der Waals surface area (Å²) in [5.41, 5.74) is 0.669. The number of rotatable bonds is 10. The second kappa shape index (κ2) is 14.0. The number of carboxylic acid groups (broad SMARTS) is 1. The molecule has 2 aromatic carbocycles. The summed E-state index contributed by atoms with van der Waals surface area (Å²) in [5.74, 6) is -6.93. The minimum atomic E-state index is -1.14. The quantitative estimate of drug-likeness (QED) is 0.326. The largest absolute Gasteiger partial charge is 0.481 e. The number of carbonyl (C=O) groups is 2. The highest BCUT2D eigenvalue weighted by Gasteiger charge is 2.46. The minimum Gasteiger partial charge on any atom is -0.481 e. The van der Waals surface area contributed by atoms with E-state index < -0.39 is 47.1 Å². The van der Waals surface area contributed by atoms with Crippen LogP contribution in [0.4, 0.5) is 17.6 Å². The number of nitrogens with zero attached hydrogens (tertiary/aromatic N) is 2. The number of unbranched alkanes of at least 4 members (excludes halogenated alkanes) is 2. The Morgan fingerprint density at radius 2 is 1.44 bits per heavy atom. The fourth-order valence-corrected chi connectivity index (χ4v) is 4.49. The molecule has 36 heavy (non-hydrogen) atoms. The maximum absolute atomic E-state index is 13.6. The minimum absolute atomic E-state index is 0.256. The molecular weight excluding hydrogens is 476 g/mol. The maximum Gasteiger partial charge on any atom is 0.309 e. The van der Waals surface area contributed by atoms with Crippen LogP contribution >= 0.6 is 0 Å². The first kappa shape index (κ1) is 29.3. The molecule has 1 amide bonds. The number of halogens is 4. The molecule has 0 bridgehead atoms. The highest BCUT2D eigenvalue weighted by atomic mass is 19.2. The van der Waals surface area contributed by atoms with E-state index in [9.17, 15) is 32.3 Å². The van der Waals surface area contributed by atoms with Crippen LogP contribution in [0.3, 0.4) is 0 Å². The molecule has 0 aliphatic carbocycles. The van der Waals surface area contributed by atoms with Gasteiger partial charge in [0.25, 0.3) is 0 Å². The van der Waals surface area contributed by atoms with Gasteiger partial charge < -0.3 is 10.0 Å². The molecule has 1 saturated heterocycles. The normalized spacial score (nSPS) is 19.5. The predicted octanol–water partition coefficient (Wildman–Crippen LogP) is 5.76. The number of amides is 1. The lowest BCUT2D eigenvalue weighted by molar-refractivity contribution is -0.143. The summed E-state index contributed by atoms with van der Waals surface area (Å²) in [5, 5.41) is 9.68. The van der Waals surface area contributed by atoms with E-state index in [0.29, 0.717) is 11.1 Å². The Morgan fingerprint density at radius 1 is 0.944 bits per heavy atom. The van der Waals surface area contributed by atoms with E-state index in [1.54, 1.807) is 11.9 Å². The SMILES string of the molecule is CCCCN(C=O)CCCC.CN1CC(c2ccc(F)c(F)c2)C(C(=O)O)C1c1ccc(F)c(F)c1. The van der Waals surface area contributed by atoms with E-state index >= 15 is 0 Å².